The molecular formula is C22H22N2O6S. The van der Waals surface area contributed by atoms with Crippen LogP contribution in [0, 0.1) is 13.8 Å². The van der Waals surface area contributed by atoms with Crippen molar-refractivity contribution in [3.63, 3.8) is 0 Å². The monoisotopic (exact) mass is 442 g/mol. The topological polar surface area (TPSA) is 108 Å². The van der Waals surface area contributed by atoms with Gasteiger partial charge in [0.15, 0.2) is 0 Å². The predicted molar refractivity (Wildman–Crippen MR) is 115 cm³/mol. The van der Waals surface area contributed by atoms with E-state index < -0.39 is 16.0 Å². The smallest absolute Gasteiger partial charge is 0.331 e. The van der Waals surface area contributed by atoms with Gasteiger partial charge in [-0.3, -0.25) is 4.72 Å². The summed E-state index contributed by atoms with van der Waals surface area (Å²) < 4.78 is 42.9. The van der Waals surface area contributed by atoms with Crippen LogP contribution in [0.25, 0.3) is 6.08 Å². The third-order valence-corrected chi connectivity index (χ3v) is 5.88. The van der Waals surface area contributed by atoms with Gasteiger partial charge in [0.05, 0.1) is 23.3 Å². The number of esters is 1. The molecule has 0 fully saturated rings. The van der Waals surface area contributed by atoms with E-state index in [4.69, 9.17) is 14.0 Å². The van der Waals surface area contributed by atoms with E-state index in [0.717, 1.165) is 5.56 Å². The molecule has 0 aliphatic carbocycles. The summed E-state index contributed by atoms with van der Waals surface area (Å²) in [5.41, 5.74) is 2.48. The Balaban J connectivity index is 1.60. The molecule has 31 heavy (non-hydrogen) atoms. The molecule has 0 radical (unpaired) electrons. The fourth-order valence-corrected chi connectivity index (χ4v) is 3.75. The van der Waals surface area contributed by atoms with Gasteiger partial charge < -0.3 is 14.0 Å². The van der Waals surface area contributed by atoms with Gasteiger partial charge in [-0.15, -0.1) is 0 Å². The first-order valence-corrected chi connectivity index (χ1v) is 10.8. The Labute approximate surface area is 180 Å². The molecule has 0 unspecified atom stereocenters. The van der Waals surface area contributed by atoms with Gasteiger partial charge in [-0.05, 0) is 61.9 Å². The normalized spacial score (nSPS) is 11.5. The average molecular weight is 442 g/mol. The molecule has 0 aliphatic heterocycles. The summed E-state index contributed by atoms with van der Waals surface area (Å²) in [5, 5.41) is 3.81. The Hall–Kier alpha value is -3.59. The number of aryl methyl sites for hydroxylation is 2. The minimum Gasteiger partial charge on any atom is -0.497 e. The molecule has 3 aromatic rings. The Kier molecular flexibility index (Phi) is 6.76. The molecule has 0 atom stereocenters. The lowest BCUT2D eigenvalue weighted by molar-refractivity contribution is -0.138. The van der Waals surface area contributed by atoms with E-state index in [1.165, 1.54) is 25.3 Å². The summed E-state index contributed by atoms with van der Waals surface area (Å²) in [7, 11) is -2.21. The summed E-state index contributed by atoms with van der Waals surface area (Å²) in [5.74, 6) is 0.705. The molecule has 0 bridgehead atoms. The number of benzene rings is 2. The molecule has 0 aliphatic rings. The predicted octanol–water partition coefficient (Wildman–Crippen LogP) is 3.86. The molecule has 1 heterocycles. The van der Waals surface area contributed by atoms with Gasteiger partial charge >= 0.3 is 5.97 Å². The van der Waals surface area contributed by atoms with Gasteiger partial charge in [0, 0.05) is 11.8 Å². The highest BCUT2D eigenvalue weighted by Gasteiger charge is 2.14. The highest BCUT2D eigenvalue weighted by Crippen LogP contribution is 2.20. The maximum atomic E-state index is 12.5. The van der Waals surface area contributed by atoms with Crippen molar-refractivity contribution in [1.82, 2.24) is 5.16 Å². The molecule has 0 saturated heterocycles. The number of carbonyl (C=O) groups is 1. The summed E-state index contributed by atoms with van der Waals surface area (Å²) in [6.45, 7) is 3.59. The van der Waals surface area contributed by atoms with Gasteiger partial charge in [0.25, 0.3) is 10.0 Å². The summed E-state index contributed by atoms with van der Waals surface area (Å²) in [6, 6.07) is 12.7. The van der Waals surface area contributed by atoms with E-state index in [2.05, 4.69) is 9.88 Å². The second-order valence-electron chi connectivity index (χ2n) is 6.65. The lowest BCUT2D eigenvalue weighted by atomic mass is 10.2. The molecule has 9 heteroatoms. The molecule has 1 aromatic heterocycles. The minimum absolute atomic E-state index is 0.0680. The van der Waals surface area contributed by atoms with Gasteiger partial charge in [-0.1, -0.05) is 17.3 Å². The number of hydrogen-bond acceptors (Lipinski definition) is 7. The minimum atomic E-state index is -3.74. The van der Waals surface area contributed by atoms with Crippen molar-refractivity contribution in [2.45, 2.75) is 25.3 Å². The van der Waals surface area contributed by atoms with Crippen molar-refractivity contribution >= 4 is 27.8 Å². The van der Waals surface area contributed by atoms with Crippen LogP contribution in [0.4, 0.5) is 5.69 Å². The van der Waals surface area contributed by atoms with E-state index in [-0.39, 0.29) is 11.5 Å². The highest BCUT2D eigenvalue weighted by molar-refractivity contribution is 7.92. The van der Waals surface area contributed by atoms with Crippen LogP contribution < -0.4 is 9.46 Å². The van der Waals surface area contributed by atoms with E-state index in [1.807, 2.05) is 0 Å². The van der Waals surface area contributed by atoms with Crippen molar-refractivity contribution in [3.8, 4) is 5.75 Å². The number of methoxy groups -OCH3 is 1. The van der Waals surface area contributed by atoms with Crippen LogP contribution >= 0.6 is 0 Å². The second-order valence-corrected chi connectivity index (χ2v) is 8.33. The molecule has 8 nitrogen and oxygen atoms in total. The zero-order valence-electron chi connectivity index (χ0n) is 17.3. The van der Waals surface area contributed by atoms with Crippen molar-refractivity contribution in [2.75, 3.05) is 11.8 Å². The first-order chi connectivity index (χ1) is 14.8. The van der Waals surface area contributed by atoms with Crippen molar-refractivity contribution in [1.29, 1.82) is 0 Å². The number of anilines is 1. The lowest BCUT2D eigenvalue weighted by Gasteiger charge is -2.09. The van der Waals surface area contributed by atoms with Crippen LogP contribution in [0.1, 0.15) is 22.6 Å². The number of sulfonamides is 1. The Bertz CT molecular complexity index is 1160. The number of carbonyl (C=O) groups excluding carboxylic acids is 1. The van der Waals surface area contributed by atoms with Crippen LogP contribution in [0.5, 0.6) is 5.75 Å². The molecule has 0 amide bonds. The van der Waals surface area contributed by atoms with Crippen molar-refractivity contribution in [3.05, 3.63) is 77.2 Å². The van der Waals surface area contributed by atoms with Crippen LogP contribution in [-0.2, 0) is 26.2 Å². The summed E-state index contributed by atoms with van der Waals surface area (Å²) in [4.78, 5) is 12.0. The van der Waals surface area contributed by atoms with E-state index in [1.54, 1.807) is 56.3 Å². The average Bonchev–Trinajstić information content (AvgIpc) is 3.08. The fourth-order valence-electron chi connectivity index (χ4n) is 2.69. The highest BCUT2D eigenvalue weighted by atomic mass is 32.2. The van der Waals surface area contributed by atoms with Gasteiger partial charge in [0.2, 0.25) is 0 Å². The molecular weight excluding hydrogens is 420 g/mol. The number of aromatic nitrogens is 1. The maximum Gasteiger partial charge on any atom is 0.331 e. The Morgan fingerprint density at radius 1 is 1.10 bits per heavy atom. The summed E-state index contributed by atoms with van der Waals surface area (Å²) in [6.07, 6.45) is 2.82. The molecule has 3 rings (SSSR count). The van der Waals surface area contributed by atoms with Crippen molar-refractivity contribution in [2.24, 2.45) is 0 Å². The van der Waals surface area contributed by atoms with Crippen LogP contribution in [0.3, 0.4) is 0 Å². The fraction of sp³-hybridized carbons (Fsp3) is 0.182. The van der Waals surface area contributed by atoms with Crippen molar-refractivity contribution < 1.29 is 27.2 Å². The number of nitrogens with zero attached hydrogens (tertiary/aromatic N) is 1. The van der Waals surface area contributed by atoms with Gasteiger partial charge in [-0.25, -0.2) is 13.2 Å². The molecule has 0 spiro atoms. The zero-order chi connectivity index (χ0) is 22.4. The SMILES string of the molecule is COc1ccc(NS(=O)(=O)c2ccc(/C=C/C(=O)OCc3c(C)noc3C)cc2)cc1. The maximum absolute atomic E-state index is 12.5. The number of rotatable bonds is 8. The van der Waals surface area contributed by atoms with Gasteiger partial charge in [-0.2, -0.15) is 0 Å². The van der Waals surface area contributed by atoms with E-state index in [0.29, 0.717) is 28.5 Å². The Morgan fingerprint density at radius 3 is 2.35 bits per heavy atom. The lowest BCUT2D eigenvalue weighted by Crippen LogP contribution is -2.12. The van der Waals surface area contributed by atoms with Gasteiger partial charge in [0.1, 0.15) is 18.1 Å². The molecule has 1 N–H and O–H groups in total. The standard InChI is InChI=1S/C22H22N2O6S/c1-15-21(16(2)30-23-15)14-29-22(25)13-6-17-4-11-20(12-5-17)31(26,27)24-18-7-9-19(28-3)10-8-18/h4-13,24H,14H2,1-3H3/b13-6+. The first kappa shape index (κ1) is 22.1. The third-order valence-electron chi connectivity index (χ3n) is 4.48. The van der Waals surface area contributed by atoms with E-state index >= 15 is 0 Å². The number of nitrogens with one attached hydrogen (secondary N) is 1. The number of hydrogen-bond donors (Lipinski definition) is 1. The first-order valence-electron chi connectivity index (χ1n) is 9.32. The summed E-state index contributed by atoms with van der Waals surface area (Å²) >= 11 is 0. The van der Waals surface area contributed by atoms with Crippen LogP contribution in [0.2, 0.25) is 0 Å². The van der Waals surface area contributed by atoms with Crippen LogP contribution in [-0.4, -0.2) is 26.7 Å². The van der Waals surface area contributed by atoms with Crippen LogP contribution in [0.15, 0.2) is 64.0 Å². The molecule has 2 aromatic carbocycles. The second kappa shape index (κ2) is 9.48. The third kappa shape index (κ3) is 5.73. The van der Waals surface area contributed by atoms with E-state index in [9.17, 15) is 13.2 Å². The molecule has 162 valence electrons. The Morgan fingerprint density at radius 2 is 1.77 bits per heavy atom. The largest absolute Gasteiger partial charge is 0.497 e. The molecule has 0 saturated carbocycles. The quantitative estimate of drug-likeness (QED) is 0.417. The zero-order valence-corrected chi connectivity index (χ0v) is 18.1. The number of ether oxygens (including phenoxy) is 2.